The molecule has 2 aromatic rings. The van der Waals surface area contributed by atoms with E-state index in [1.807, 2.05) is 6.92 Å². The molecule has 2 aromatic carbocycles. The first-order chi connectivity index (χ1) is 10.5. The fourth-order valence-electron chi connectivity index (χ4n) is 1.82. The van der Waals surface area contributed by atoms with Crippen LogP contribution in [0.3, 0.4) is 0 Å². The summed E-state index contributed by atoms with van der Waals surface area (Å²) in [5, 5.41) is 0. The number of aryl methyl sites for hydroxylation is 1. The minimum absolute atomic E-state index is 0.237. The van der Waals surface area contributed by atoms with E-state index in [1.165, 1.54) is 0 Å². The SMILES string of the molecule is Cc1ccc(S(=O)(=O)Nc2ccc(OCCCN)cc2)cc1. The summed E-state index contributed by atoms with van der Waals surface area (Å²) < 4.78 is 32.5. The molecule has 6 heteroatoms. The van der Waals surface area contributed by atoms with E-state index in [1.54, 1.807) is 48.5 Å². The van der Waals surface area contributed by atoms with Gasteiger partial charge in [-0.1, -0.05) is 17.7 Å². The lowest BCUT2D eigenvalue weighted by Gasteiger charge is -2.10. The van der Waals surface area contributed by atoms with Gasteiger partial charge in [0.2, 0.25) is 0 Å². The van der Waals surface area contributed by atoms with Gasteiger partial charge in [0.15, 0.2) is 0 Å². The number of benzene rings is 2. The van der Waals surface area contributed by atoms with Crippen LogP contribution in [0, 0.1) is 6.92 Å². The van der Waals surface area contributed by atoms with Gasteiger partial charge in [-0.15, -0.1) is 0 Å². The summed E-state index contributed by atoms with van der Waals surface area (Å²) in [4.78, 5) is 0.237. The average Bonchev–Trinajstić information content (AvgIpc) is 2.49. The molecule has 0 aromatic heterocycles. The van der Waals surface area contributed by atoms with Crippen molar-refractivity contribution in [2.75, 3.05) is 17.9 Å². The Morgan fingerprint density at radius 2 is 1.68 bits per heavy atom. The summed E-state index contributed by atoms with van der Waals surface area (Å²) in [5.74, 6) is 0.687. The topological polar surface area (TPSA) is 81.4 Å². The van der Waals surface area contributed by atoms with Crippen molar-refractivity contribution in [1.29, 1.82) is 0 Å². The summed E-state index contributed by atoms with van der Waals surface area (Å²) in [5.41, 5.74) is 6.90. The Labute approximate surface area is 131 Å². The number of nitrogens with two attached hydrogens (primary N) is 1. The van der Waals surface area contributed by atoms with Gasteiger partial charge in [0.05, 0.1) is 11.5 Å². The van der Waals surface area contributed by atoms with Gasteiger partial charge in [-0.05, 0) is 56.3 Å². The van der Waals surface area contributed by atoms with Crippen molar-refractivity contribution >= 4 is 15.7 Å². The summed E-state index contributed by atoms with van der Waals surface area (Å²) in [6.07, 6.45) is 0.780. The van der Waals surface area contributed by atoms with Crippen LogP contribution in [0.1, 0.15) is 12.0 Å². The van der Waals surface area contributed by atoms with Gasteiger partial charge in [0.1, 0.15) is 5.75 Å². The van der Waals surface area contributed by atoms with E-state index in [0.29, 0.717) is 24.6 Å². The number of anilines is 1. The van der Waals surface area contributed by atoms with Crippen LogP contribution in [0.15, 0.2) is 53.4 Å². The highest BCUT2D eigenvalue weighted by atomic mass is 32.2. The monoisotopic (exact) mass is 320 g/mol. The Kier molecular flexibility index (Phi) is 5.41. The van der Waals surface area contributed by atoms with Crippen molar-refractivity contribution in [3.8, 4) is 5.75 Å². The number of ether oxygens (including phenoxy) is 1. The van der Waals surface area contributed by atoms with Gasteiger partial charge in [0.25, 0.3) is 10.0 Å². The minimum Gasteiger partial charge on any atom is -0.494 e. The van der Waals surface area contributed by atoms with E-state index >= 15 is 0 Å². The first kappa shape index (κ1) is 16.3. The van der Waals surface area contributed by atoms with Crippen molar-refractivity contribution in [3.63, 3.8) is 0 Å². The third kappa shape index (κ3) is 4.47. The highest BCUT2D eigenvalue weighted by Crippen LogP contribution is 2.19. The van der Waals surface area contributed by atoms with Crippen molar-refractivity contribution in [2.24, 2.45) is 5.73 Å². The predicted molar refractivity (Wildman–Crippen MR) is 87.6 cm³/mol. The summed E-state index contributed by atoms with van der Waals surface area (Å²) in [6.45, 7) is 3.03. The Morgan fingerprint density at radius 1 is 1.05 bits per heavy atom. The standard InChI is InChI=1S/C16H20N2O3S/c1-13-3-9-16(10-4-13)22(19,20)18-14-5-7-15(8-6-14)21-12-2-11-17/h3-10,18H,2,11-12,17H2,1H3. The molecule has 3 N–H and O–H groups in total. The zero-order valence-electron chi connectivity index (χ0n) is 12.5. The molecule has 0 bridgehead atoms. The molecule has 0 aliphatic carbocycles. The van der Waals surface area contributed by atoms with E-state index in [0.717, 1.165) is 12.0 Å². The van der Waals surface area contributed by atoms with Gasteiger partial charge in [-0.2, -0.15) is 0 Å². The summed E-state index contributed by atoms with van der Waals surface area (Å²) in [7, 11) is -3.57. The molecule has 0 saturated carbocycles. The van der Waals surface area contributed by atoms with Gasteiger partial charge < -0.3 is 10.5 Å². The molecule has 0 aliphatic rings. The van der Waals surface area contributed by atoms with Crippen molar-refractivity contribution in [3.05, 3.63) is 54.1 Å². The normalized spacial score (nSPS) is 11.2. The van der Waals surface area contributed by atoms with Gasteiger partial charge in [-0.25, -0.2) is 8.42 Å². The van der Waals surface area contributed by atoms with Gasteiger partial charge >= 0.3 is 0 Å². The van der Waals surface area contributed by atoms with E-state index in [2.05, 4.69) is 4.72 Å². The van der Waals surface area contributed by atoms with E-state index < -0.39 is 10.0 Å². The fraction of sp³-hybridized carbons (Fsp3) is 0.250. The lowest BCUT2D eigenvalue weighted by atomic mass is 10.2. The number of rotatable bonds is 7. The predicted octanol–water partition coefficient (Wildman–Crippen LogP) is 2.52. The molecular weight excluding hydrogens is 300 g/mol. The number of hydrogen-bond donors (Lipinski definition) is 2. The molecule has 0 unspecified atom stereocenters. The molecule has 0 atom stereocenters. The molecule has 0 spiro atoms. The first-order valence-corrected chi connectivity index (χ1v) is 8.52. The van der Waals surface area contributed by atoms with E-state index in [9.17, 15) is 8.42 Å². The Balaban J connectivity index is 2.05. The van der Waals surface area contributed by atoms with Crippen LogP contribution in [-0.2, 0) is 10.0 Å². The Bertz CT molecular complexity index is 695. The molecule has 5 nitrogen and oxygen atoms in total. The minimum atomic E-state index is -3.57. The van der Waals surface area contributed by atoms with E-state index in [4.69, 9.17) is 10.5 Å². The van der Waals surface area contributed by atoms with Crippen molar-refractivity contribution in [2.45, 2.75) is 18.2 Å². The van der Waals surface area contributed by atoms with Crippen molar-refractivity contribution < 1.29 is 13.2 Å². The van der Waals surface area contributed by atoms with Crippen molar-refractivity contribution in [1.82, 2.24) is 0 Å². The zero-order chi connectivity index (χ0) is 16.0. The highest BCUT2D eigenvalue weighted by molar-refractivity contribution is 7.92. The van der Waals surface area contributed by atoms with E-state index in [-0.39, 0.29) is 4.90 Å². The van der Waals surface area contributed by atoms with Crippen LogP contribution >= 0.6 is 0 Å². The maximum Gasteiger partial charge on any atom is 0.261 e. The Hall–Kier alpha value is -2.05. The number of hydrogen-bond acceptors (Lipinski definition) is 4. The van der Waals surface area contributed by atoms with Crippen LogP contribution in [0.4, 0.5) is 5.69 Å². The van der Waals surface area contributed by atoms with Gasteiger partial charge in [-0.3, -0.25) is 4.72 Å². The molecule has 0 radical (unpaired) electrons. The molecule has 0 fully saturated rings. The van der Waals surface area contributed by atoms with Crippen LogP contribution in [0.2, 0.25) is 0 Å². The number of sulfonamides is 1. The lowest BCUT2D eigenvalue weighted by molar-refractivity contribution is 0.313. The summed E-state index contributed by atoms with van der Waals surface area (Å²) >= 11 is 0. The molecular formula is C16H20N2O3S. The van der Waals surface area contributed by atoms with Crippen LogP contribution in [0.5, 0.6) is 5.75 Å². The lowest BCUT2D eigenvalue weighted by Crippen LogP contribution is -2.12. The van der Waals surface area contributed by atoms with Gasteiger partial charge in [0, 0.05) is 5.69 Å². The quantitative estimate of drug-likeness (QED) is 0.768. The zero-order valence-corrected chi connectivity index (χ0v) is 13.3. The van der Waals surface area contributed by atoms with Crippen LogP contribution in [0.25, 0.3) is 0 Å². The average molecular weight is 320 g/mol. The first-order valence-electron chi connectivity index (χ1n) is 7.04. The molecule has 2 rings (SSSR count). The fourth-order valence-corrected chi connectivity index (χ4v) is 2.88. The number of nitrogens with one attached hydrogen (secondary N) is 1. The van der Waals surface area contributed by atoms with Crippen LogP contribution < -0.4 is 15.2 Å². The molecule has 0 heterocycles. The Morgan fingerprint density at radius 3 is 2.27 bits per heavy atom. The second-order valence-corrected chi connectivity index (χ2v) is 6.62. The molecule has 22 heavy (non-hydrogen) atoms. The smallest absolute Gasteiger partial charge is 0.261 e. The maximum absolute atomic E-state index is 12.3. The largest absolute Gasteiger partial charge is 0.494 e. The molecule has 0 saturated heterocycles. The second-order valence-electron chi connectivity index (χ2n) is 4.93. The van der Waals surface area contributed by atoms with Crippen LogP contribution in [-0.4, -0.2) is 21.6 Å². The molecule has 0 amide bonds. The third-order valence-electron chi connectivity index (χ3n) is 3.06. The maximum atomic E-state index is 12.3. The molecule has 0 aliphatic heterocycles. The highest BCUT2D eigenvalue weighted by Gasteiger charge is 2.13. The second kappa shape index (κ2) is 7.29. The summed E-state index contributed by atoms with van der Waals surface area (Å²) in [6, 6.07) is 13.5. The molecule has 118 valence electrons. The third-order valence-corrected chi connectivity index (χ3v) is 4.45.